The maximum Gasteiger partial charge on any atom is 0.261 e. The molecular weight excluding hydrogens is 268 g/mol. The Kier molecular flexibility index (Phi) is 5.07. The first-order valence-corrected chi connectivity index (χ1v) is 7.03. The number of hydrogen-bond acceptors (Lipinski definition) is 4. The van der Waals surface area contributed by atoms with Gasteiger partial charge in [-0.15, -0.1) is 6.42 Å². The highest BCUT2D eigenvalue weighted by molar-refractivity contribution is 5.80. The van der Waals surface area contributed by atoms with Crippen LogP contribution in [0, 0.1) is 12.3 Å². The van der Waals surface area contributed by atoms with Crippen LogP contribution in [-0.2, 0) is 4.79 Å². The molecule has 0 aromatic heterocycles. The molecule has 0 fully saturated rings. The molecule has 5 nitrogen and oxygen atoms in total. The largest absolute Gasteiger partial charge is 0.491 e. The van der Waals surface area contributed by atoms with Crippen LogP contribution in [0.15, 0.2) is 18.2 Å². The number of carbonyl (C=O) groups is 1. The average molecular weight is 288 g/mol. The van der Waals surface area contributed by atoms with Crippen LogP contribution in [0.1, 0.15) is 25.5 Å². The SMILES string of the molecule is C#CCNC(=O)C(C)Oc1ccc2c(c1)OCC2NCC. The second-order valence-electron chi connectivity index (χ2n) is 4.80. The summed E-state index contributed by atoms with van der Waals surface area (Å²) < 4.78 is 11.3. The van der Waals surface area contributed by atoms with Crippen molar-refractivity contribution in [2.45, 2.75) is 26.0 Å². The maximum absolute atomic E-state index is 11.7. The molecule has 1 heterocycles. The standard InChI is InChI=1S/C16H20N2O3/c1-4-8-18-16(19)11(3)21-12-6-7-13-14(17-5-2)10-20-15(13)9-12/h1,6-7,9,11,14,17H,5,8,10H2,2-3H3,(H,18,19). The van der Waals surface area contributed by atoms with Gasteiger partial charge in [0.05, 0.1) is 12.6 Å². The van der Waals surface area contributed by atoms with Crippen LogP contribution in [0.25, 0.3) is 0 Å². The van der Waals surface area contributed by atoms with Crippen LogP contribution in [0.5, 0.6) is 11.5 Å². The fourth-order valence-corrected chi connectivity index (χ4v) is 2.22. The number of rotatable bonds is 6. The van der Waals surface area contributed by atoms with Gasteiger partial charge in [0.1, 0.15) is 18.1 Å². The van der Waals surface area contributed by atoms with E-state index in [2.05, 4.69) is 23.5 Å². The number of terminal acetylenes is 1. The maximum atomic E-state index is 11.7. The lowest BCUT2D eigenvalue weighted by molar-refractivity contribution is -0.127. The first kappa shape index (κ1) is 15.2. The van der Waals surface area contributed by atoms with Gasteiger partial charge in [0.2, 0.25) is 0 Å². The highest BCUT2D eigenvalue weighted by Gasteiger charge is 2.24. The summed E-state index contributed by atoms with van der Waals surface area (Å²) in [5.41, 5.74) is 1.12. The van der Waals surface area contributed by atoms with Gasteiger partial charge in [0.15, 0.2) is 6.10 Å². The van der Waals surface area contributed by atoms with Crippen LogP contribution >= 0.6 is 0 Å². The van der Waals surface area contributed by atoms with Crippen molar-refractivity contribution < 1.29 is 14.3 Å². The summed E-state index contributed by atoms with van der Waals surface area (Å²) in [4.78, 5) is 11.7. The summed E-state index contributed by atoms with van der Waals surface area (Å²) in [7, 11) is 0. The molecule has 1 aromatic carbocycles. The van der Waals surface area contributed by atoms with Crippen molar-refractivity contribution in [3.8, 4) is 23.8 Å². The second kappa shape index (κ2) is 7.00. The quantitative estimate of drug-likeness (QED) is 0.773. The van der Waals surface area contributed by atoms with E-state index < -0.39 is 6.10 Å². The molecule has 21 heavy (non-hydrogen) atoms. The molecule has 2 unspecified atom stereocenters. The molecule has 2 N–H and O–H groups in total. The van der Waals surface area contributed by atoms with Gasteiger partial charge in [0, 0.05) is 11.6 Å². The molecule has 0 saturated heterocycles. The molecule has 0 radical (unpaired) electrons. The molecule has 112 valence electrons. The van der Waals surface area contributed by atoms with Gasteiger partial charge < -0.3 is 20.1 Å². The number of ether oxygens (including phenoxy) is 2. The summed E-state index contributed by atoms with van der Waals surface area (Å²) in [5, 5.41) is 5.94. The molecule has 2 rings (SSSR count). The molecule has 2 atom stereocenters. The Labute approximate surface area is 125 Å². The van der Waals surface area contributed by atoms with Gasteiger partial charge >= 0.3 is 0 Å². The van der Waals surface area contributed by atoms with E-state index in [9.17, 15) is 4.79 Å². The highest BCUT2D eigenvalue weighted by Crippen LogP contribution is 2.35. The van der Waals surface area contributed by atoms with Gasteiger partial charge in [-0.1, -0.05) is 12.8 Å². The van der Waals surface area contributed by atoms with Gasteiger partial charge in [0.25, 0.3) is 5.91 Å². The topological polar surface area (TPSA) is 59.6 Å². The van der Waals surface area contributed by atoms with Crippen molar-refractivity contribution in [2.24, 2.45) is 0 Å². The van der Waals surface area contributed by atoms with E-state index in [0.717, 1.165) is 17.9 Å². The zero-order valence-corrected chi connectivity index (χ0v) is 12.3. The summed E-state index contributed by atoms with van der Waals surface area (Å²) in [6, 6.07) is 5.85. The molecule has 1 aliphatic rings. The van der Waals surface area contributed by atoms with Crippen molar-refractivity contribution in [3.05, 3.63) is 23.8 Å². The Balaban J connectivity index is 2.00. The van der Waals surface area contributed by atoms with Crippen molar-refractivity contribution in [2.75, 3.05) is 19.7 Å². The van der Waals surface area contributed by atoms with E-state index in [0.29, 0.717) is 12.4 Å². The number of likely N-dealkylation sites (N-methyl/N-ethyl adjacent to an activating group) is 1. The van der Waals surface area contributed by atoms with E-state index in [4.69, 9.17) is 15.9 Å². The number of hydrogen-bond donors (Lipinski definition) is 2. The van der Waals surface area contributed by atoms with Crippen molar-refractivity contribution in [1.82, 2.24) is 10.6 Å². The Bertz CT molecular complexity index is 551. The van der Waals surface area contributed by atoms with Crippen LogP contribution < -0.4 is 20.1 Å². The summed E-state index contributed by atoms with van der Waals surface area (Å²) >= 11 is 0. The number of carbonyl (C=O) groups excluding carboxylic acids is 1. The van der Waals surface area contributed by atoms with Crippen LogP contribution in [0.2, 0.25) is 0 Å². The van der Waals surface area contributed by atoms with E-state index in [1.165, 1.54) is 0 Å². The predicted octanol–water partition coefficient (Wildman–Crippen LogP) is 1.25. The number of fused-ring (bicyclic) bond motifs is 1. The molecule has 0 spiro atoms. The molecule has 0 aliphatic carbocycles. The van der Waals surface area contributed by atoms with Crippen molar-refractivity contribution in [1.29, 1.82) is 0 Å². The zero-order valence-electron chi connectivity index (χ0n) is 12.3. The van der Waals surface area contributed by atoms with E-state index in [1.807, 2.05) is 18.2 Å². The van der Waals surface area contributed by atoms with E-state index >= 15 is 0 Å². The lowest BCUT2D eigenvalue weighted by Gasteiger charge is -2.14. The van der Waals surface area contributed by atoms with Gasteiger partial charge in [-0.05, 0) is 25.6 Å². The second-order valence-corrected chi connectivity index (χ2v) is 4.80. The highest BCUT2D eigenvalue weighted by atomic mass is 16.5. The Morgan fingerprint density at radius 3 is 3.14 bits per heavy atom. The van der Waals surface area contributed by atoms with Crippen LogP contribution in [0.4, 0.5) is 0 Å². The molecule has 1 aromatic rings. The van der Waals surface area contributed by atoms with E-state index in [-0.39, 0.29) is 18.5 Å². The molecule has 1 aliphatic heterocycles. The smallest absolute Gasteiger partial charge is 0.261 e. The molecule has 1 amide bonds. The Morgan fingerprint density at radius 1 is 1.62 bits per heavy atom. The molecule has 0 saturated carbocycles. The van der Waals surface area contributed by atoms with E-state index in [1.54, 1.807) is 6.92 Å². The Morgan fingerprint density at radius 2 is 2.43 bits per heavy atom. The first-order chi connectivity index (χ1) is 10.2. The van der Waals surface area contributed by atoms with Gasteiger partial charge in [-0.25, -0.2) is 0 Å². The summed E-state index contributed by atoms with van der Waals surface area (Å²) in [6.45, 7) is 5.44. The summed E-state index contributed by atoms with van der Waals surface area (Å²) in [6.07, 6.45) is 4.49. The lowest BCUT2D eigenvalue weighted by Crippen LogP contribution is -2.36. The lowest BCUT2D eigenvalue weighted by atomic mass is 10.1. The van der Waals surface area contributed by atoms with Crippen molar-refractivity contribution >= 4 is 5.91 Å². The zero-order chi connectivity index (χ0) is 15.2. The minimum Gasteiger partial charge on any atom is -0.491 e. The third-order valence-corrected chi connectivity index (χ3v) is 3.26. The molecular formula is C16H20N2O3. The van der Waals surface area contributed by atoms with Gasteiger partial charge in [-0.2, -0.15) is 0 Å². The minimum atomic E-state index is -0.609. The fraction of sp³-hybridized carbons (Fsp3) is 0.438. The summed E-state index contributed by atoms with van der Waals surface area (Å²) in [5.74, 6) is 3.52. The average Bonchev–Trinajstić information content (AvgIpc) is 2.87. The molecule has 0 bridgehead atoms. The van der Waals surface area contributed by atoms with Crippen LogP contribution in [0.3, 0.4) is 0 Å². The normalized spacial score (nSPS) is 17.3. The third kappa shape index (κ3) is 3.67. The minimum absolute atomic E-state index is 0.199. The first-order valence-electron chi connectivity index (χ1n) is 7.03. The monoisotopic (exact) mass is 288 g/mol. The predicted molar refractivity (Wildman–Crippen MR) is 80.3 cm³/mol. The fourth-order valence-electron chi connectivity index (χ4n) is 2.22. The van der Waals surface area contributed by atoms with Crippen molar-refractivity contribution in [3.63, 3.8) is 0 Å². The number of benzene rings is 1. The number of amides is 1. The molecule has 5 heteroatoms. The van der Waals surface area contributed by atoms with Gasteiger partial charge in [-0.3, -0.25) is 4.79 Å². The number of nitrogens with one attached hydrogen (secondary N) is 2. The van der Waals surface area contributed by atoms with Crippen LogP contribution in [-0.4, -0.2) is 31.7 Å². The Hall–Kier alpha value is -2.19. The third-order valence-electron chi connectivity index (χ3n) is 3.26.